The number of nitrogens with one attached hydrogen (secondary N) is 1. The van der Waals surface area contributed by atoms with Crippen molar-refractivity contribution in [1.82, 2.24) is 15.2 Å². The normalized spacial score (nSPS) is 17.5. The third kappa shape index (κ3) is 4.04. The summed E-state index contributed by atoms with van der Waals surface area (Å²) in [6.45, 7) is 5.06. The van der Waals surface area contributed by atoms with E-state index in [0.717, 1.165) is 25.7 Å². The van der Waals surface area contributed by atoms with Crippen molar-refractivity contribution in [2.24, 2.45) is 0 Å². The van der Waals surface area contributed by atoms with Gasteiger partial charge in [0.05, 0.1) is 5.69 Å². The van der Waals surface area contributed by atoms with Gasteiger partial charge in [-0.25, -0.2) is 4.98 Å². The molecule has 18 heavy (non-hydrogen) atoms. The zero-order valence-electron chi connectivity index (χ0n) is 11.6. The van der Waals surface area contributed by atoms with E-state index in [9.17, 15) is 0 Å². The van der Waals surface area contributed by atoms with Gasteiger partial charge in [0.2, 0.25) is 0 Å². The van der Waals surface area contributed by atoms with Gasteiger partial charge in [-0.2, -0.15) is 0 Å². The Labute approximate surface area is 115 Å². The fraction of sp³-hybridized carbons (Fsp3) is 0.786. The molecule has 4 heteroatoms. The van der Waals surface area contributed by atoms with Gasteiger partial charge in [0.25, 0.3) is 0 Å². The van der Waals surface area contributed by atoms with Crippen LogP contribution in [0.15, 0.2) is 5.38 Å². The fourth-order valence-corrected chi connectivity index (χ4v) is 3.40. The zero-order valence-corrected chi connectivity index (χ0v) is 12.4. The van der Waals surface area contributed by atoms with Crippen LogP contribution < -0.4 is 5.32 Å². The number of hydrogen-bond donors (Lipinski definition) is 1. The van der Waals surface area contributed by atoms with Crippen molar-refractivity contribution in [1.29, 1.82) is 0 Å². The number of hydrogen-bond acceptors (Lipinski definition) is 4. The van der Waals surface area contributed by atoms with Crippen LogP contribution in [0.1, 0.15) is 49.7 Å². The predicted octanol–water partition coefficient (Wildman–Crippen LogP) is 3.02. The molecule has 0 saturated heterocycles. The van der Waals surface area contributed by atoms with Crippen molar-refractivity contribution >= 4 is 11.3 Å². The van der Waals surface area contributed by atoms with Crippen molar-refractivity contribution < 1.29 is 0 Å². The minimum absolute atomic E-state index is 0.776. The van der Waals surface area contributed by atoms with E-state index < -0.39 is 0 Å². The molecular formula is C14H25N3S. The monoisotopic (exact) mass is 267 g/mol. The van der Waals surface area contributed by atoms with Gasteiger partial charge in [-0.05, 0) is 26.4 Å². The number of rotatable bonds is 6. The lowest BCUT2D eigenvalue weighted by Crippen LogP contribution is -2.32. The SMILES string of the molecule is CCNCc1nc(CN(C)C2CCCCC2)cs1. The molecule has 0 bridgehead atoms. The summed E-state index contributed by atoms with van der Waals surface area (Å²) in [6.07, 6.45) is 6.96. The van der Waals surface area contributed by atoms with E-state index >= 15 is 0 Å². The highest BCUT2D eigenvalue weighted by molar-refractivity contribution is 7.09. The van der Waals surface area contributed by atoms with Crippen molar-refractivity contribution in [2.75, 3.05) is 13.6 Å². The quantitative estimate of drug-likeness (QED) is 0.859. The zero-order chi connectivity index (χ0) is 12.8. The second kappa shape index (κ2) is 7.22. The van der Waals surface area contributed by atoms with Crippen LogP contribution in [-0.2, 0) is 13.1 Å². The van der Waals surface area contributed by atoms with Crippen molar-refractivity contribution in [3.63, 3.8) is 0 Å². The maximum atomic E-state index is 4.70. The second-order valence-corrected chi connectivity index (χ2v) is 6.16. The molecule has 1 fully saturated rings. The Balaban J connectivity index is 1.82. The van der Waals surface area contributed by atoms with Gasteiger partial charge in [-0.3, -0.25) is 4.90 Å². The Bertz CT molecular complexity index is 345. The first-order chi connectivity index (χ1) is 8.79. The van der Waals surface area contributed by atoms with E-state index in [1.54, 1.807) is 11.3 Å². The molecule has 1 heterocycles. The van der Waals surface area contributed by atoms with Crippen LogP contribution in [-0.4, -0.2) is 29.5 Å². The van der Waals surface area contributed by atoms with Crippen LogP contribution in [0.3, 0.4) is 0 Å². The Morgan fingerprint density at radius 2 is 2.17 bits per heavy atom. The fourth-order valence-electron chi connectivity index (χ4n) is 2.64. The van der Waals surface area contributed by atoms with E-state index in [1.807, 2.05) is 0 Å². The molecule has 0 unspecified atom stereocenters. The summed E-state index contributed by atoms with van der Waals surface area (Å²) in [5.74, 6) is 0. The average molecular weight is 267 g/mol. The van der Waals surface area contributed by atoms with Crippen LogP contribution in [0.4, 0.5) is 0 Å². The standard InChI is InChI=1S/C14H25N3S/c1-3-15-9-14-16-12(11-18-14)10-17(2)13-7-5-4-6-8-13/h11,13,15H,3-10H2,1-2H3. The molecule has 2 rings (SSSR count). The topological polar surface area (TPSA) is 28.2 Å². The van der Waals surface area contributed by atoms with E-state index in [1.165, 1.54) is 42.8 Å². The van der Waals surface area contributed by atoms with E-state index in [4.69, 9.17) is 4.98 Å². The first-order valence-electron chi connectivity index (χ1n) is 7.14. The van der Waals surface area contributed by atoms with Gasteiger partial charge in [0.15, 0.2) is 0 Å². The first-order valence-corrected chi connectivity index (χ1v) is 8.01. The Kier molecular flexibility index (Phi) is 5.60. The van der Waals surface area contributed by atoms with Crippen molar-refractivity contribution in [3.05, 3.63) is 16.1 Å². The minimum Gasteiger partial charge on any atom is -0.311 e. The summed E-state index contributed by atoms with van der Waals surface area (Å²) in [6, 6.07) is 0.776. The van der Waals surface area contributed by atoms with Crippen LogP contribution in [0.2, 0.25) is 0 Å². The van der Waals surface area contributed by atoms with Gasteiger partial charge < -0.3 is 5.32 Å². The maximum absolute atomic E-state index is 4.70. The smallest absolute Gasteiger partial charge is 0.107 e. The predicted molar refractivity (Wildman–Crippen MR) is 77.8 cm³/mol. The van der Waals surface area contributed by atoms with E-state index in [2.05, 4.69) is 29.6 Å². The number of nitrogens with zero attached hydrogens (tertiary/aromatic N) is 2. The molecule has 0 aromatic carbocycles. The summed E-state index contributed by atoms with van der Waals surface area (Å²) < 4.78 is 0. The van der Waals surface area contributed by atoms with E-state index in [0.29, 0.717) is 0 Å². The molecule has 3 nitrogen and oxygen atoms in total. The molecule has 102 valence electrons. The molecule has 1 aromatic heterocycles. The third-order valence-electron chi connectivity index (χ3n) is 3.73. The van der Waals surface area contributed by atoms with Crippen LogP contribution in [0.5, 0.6) is 0 Å². The Hall–Kier alpha value is -0.450. The molecular weight excluding hydrogens is 242 g/mol. The van der Waals surface area contributed by atoms with Crippen LogP contribution in [0, 0.1) is 0 Å². The summed E-state index contributed by atoms with van der Waals surface area (Å²) >= 11 is 1.78. The molecule has 1 aromatic rings. The summed E-state index contributed by atoms with van der Waals surface area (Å²) in [7, 11) is 2.25. The molecule has 0 radical (unpaired) electrons. The van der Waals surface area contributed by atoms with Gasteiger partial charge in [0.1, 0.15) is 5.01 Å². The molecule has 1 aliphatic rings. The lowest BCUT2D eigenvalue weighted by Gasteiger charge is -2.30. The third-order valence-corrected chi connectivity index (χ3v) is 4.63. The Morgan fingerprint density at radius 1 is 1.39 bits per heavy atom. The molecule has 1 N–H and O–H groups in total. The first kappa shape index (κ1) is 14.0. The largest absolute Gasteiger partial charge is 0.311 e. The summed E-state index contributed by atoms with van der Waals surface area (Å²) in [5.41, 5.74) is 1.24. The second-order valence-electron chi connectivity index (χ2n) is 5.22. The molecule has 1 aliphatic carbocycles. The molecule has 0 atom stereocenters. The molecule has 0 aliphatic heterocycles. The molecule has 1 saturated carbocycles. The summed E-state index contributed by atoms with van der Waals surface area (Å²) in [5, 5.41) is 6.76. The van der Waals surface area contributed by atoms with Crippen molar-refractivity contribution in [2.45, 2.75) is 58.2 Å². The van der Waals surface area contributed by atoms with Crippen molar-refractivity contribution in [3.8, 4) is 0 Å². The molecule has 0 amide bonds. The maximum Gasteiger partial charge on any atom is 0.107 e. The minimum atomic E-state index is 0.776. The molecule has 0 spiro atoms. The Morgan fingerprint density at radius 3 is 2.89 bits per heavy atom. The highest BCUT2D eigenvalue weighted by Crippen LogP contribution is 2.23. The van der Waals surface area contributed by atoms with Gasteiger partial charge in [-0.1, -0.05) is 26.2 Å². The van der Waals surface area contributed by atoms with Gasteiger partial charge in [0, 0.05) is 24.5 Å². The highest BCUT2D eigenvalue weighted by atomic mass is 32.1. The lowest BCUT2D eigenvalue weighted by atomic mass is 9.94. The number of thiazole rings is 1. The summed E-state index contributed by atoms with van der Waals surface area (Å²) in [4.78, 5) is 7.19. The van der Waals surface area contributed by atoms with E-state index in [-0.39, 0.29) is 0 Å². The highest BCUT2D eigenvalue weighted by Gasteiger charge is 2.18. The van der Waals surface area contributed by atoms with Gasteiger partial charge in [-0.15, -0.1) is 11.3 Å². The number of aromatic nitrogens is 1. The lowest BCUT2D eigenvalue weighted by molar-refractivity contribution is 0.183. The average Bonchev–Trinajstić information content (AvgIpc) is 2.85. The van der Waals surface area contributed by atoms with Gasteiger partial charge >= 0.3 is 0 Å². The van der Waals surface area contributed by atoms with Crippen LogP contribution >= 0.6 is 11.3 Å². The van der Waals surface area contributed by atoms with Crippen LogP contribution in [0.25, 0.3) is 0 Å².